The van der Waals surface area contributed by atoms with E-state index in [4.69, 9.17) is 9.84 Å². The molecule has 2 atom stereocenters. The van der Waals surface area contributed by atoms with Crippen molar-refractivity contribution in [1.29, 1.82) is 0 Å². The summed E-state index contributed by atoms with van der Waals surface area (Å²) >= 11 is 3.47. The predicted octanol–water partition coefficient (Wildman–Crippen LogP) is 2.33. The van der Waals surface area contributed by atoms with E-state index in [9.17, 15) is 4.79 Å². The summed E-state index contributed by atoms with van der Waals surface area (Å²) in [5.41, 5.74) is 2.11. The van der Waals surface area contributed by atoms with Gasteiger partial charge in [0.2, 0.25) is 0 Å². The highest BCUT2D eigenvalue weighted by molar-refractivity contribution is 9.10. The summed E-state index contributed by atoms with van der Waals surface area (Å²) in [6, 6.07) is 5.50. The summed E-state index contributed by atoms with van der Waals surface area (Å²) in [6.07, 6.45) is -0.442. The Labute approximate surface area is 102 Å². The minimum atomic E-state index is -1.03. The number of carboxylic acid groups (broad SMARTS) is 1. The number of fused-ring (bicyclic) bond motifs is 1. The van der Waals surface area contributed by atoms with E-state index in [0.29, 0.717) is 0 Å². The first kappa shape index (κ1) is 11.4. The van der Waals surface area contributed by atoms with Gasteiger partial charge >= 0.3 is 6.09 Å². The molecule has 86 valence electrons. The molecule has 0 spiro atoms. The lowest BCUT2D eigenvalue weighted by molar-refractivity contribution is 0.0775. The van der Waals surface area contributed by atoms with Crippen molar-refractivity contribution in [3.8, 4) is 0 Å². The van der Waals surface area contributed by atoms with E-state index in [1.165, 1.54) is 0 Å². The zero-order valence-electron chi connectivity index (χ0n) is 8.74. The molecule has 2 rings (SSSR count). The molecule has 0 unspecified atom stereocenters. The summed E-state index contributed by atoms with van der Waals surface area (Å²) in [4.78, 5) is 10.7. The third-order valence-electron chi connectivity index (χ3n) is 2.85. The van der Waals surface area contributed by atoms with E-state index in [2.05, 4.69) is 21.2 Å². The second kappa shape index (κ2) is 4.43. The highest BCUT2D eigenvalue weighted by Gasteiger charge is 2.34. The van der Waals surface area contributed by atoms with Crippen LogP contribution in [0.2, 0.25) is 0 Å². The number of halogens is 1. The van der Waals surface area contributed by atoms with E-state index >= 15 is 0 Å². The van der Waals surface area contributed by atoms with Gasteiger partial charge < -0.3 is 15.2 Å². The molecule has 0 fully saturated rings. The lowest BCUT2D eigenvalue weighted by atomic mass is 10.1. The molecule has 4 nitrogen and oxygen atoms in total. The van der Waals surface area contributed by atoms with Gasteiger partial charge in [-0.2, -0.15) is 0 Å². The second-order valence-electron chi connectivity index (χ2n) is 3.71. The molecule has 1 aliphatic carbocycles. The fourth-order valence-corrected chi connectivity index (χ4v) is 2.67. The van der Waals surface area contributed by atoms with E-state index in [0.717, 1.165) is 22.0 Å². The molecule has 1 aliphatic rings. The number of rotatable bonds is 2. The molecule has 0 saturated carbocycles. The molecule has 1 aromatic rings. The Bertz CT molecular complexity index is 422. The molecule has 0 saturated heterocycles. The monoisotopic (exact) mass is 285 g/mol. The molecule has 5 heteroatoms. The molecular weight excluding hydrogens is 274 g/mol. The maximum atomic E-state index is 10.7. The quantitative estimate of drug-likeness (QED) is 0.877. The van der Waals surface area contributed by atoms with Crippen molar-refractivity contribution in [3.05, 3.63) is 33.8 Å². The summed E-state index contributed by atoms with van der Waals surface area (Å²) < 4.78 is 6.32. The Hall–Kier alpha value is -1.07. The van der Waals surface area contributed by atoms with Crippen molar-refractivity contribution in [1.82, 2.24) is 5.32 Å². The molecule has 16 heavy (non-hydrogen) atoms. The maximum Gasteiger partial charge on any atom is 0.405 e. The number of carbonyl (C=O) groups is 1. The van der Waals surface area contributed by atoms with Crippen LogP contribution in [-0.2, 0) is 11.2 Å². The first-order valence-electron chi connectivity index (χ1n) is 4.93. The van der Waals surface area contributed by atoms with Gasteiger partial charge in [-0.05, 0) is 17.2 Å². The molecule has 0 aliphatic heterocycles. The second-order valence-corrected chi connectivity index (χ2v) is 4.57. The summed E-state index contributed by atoms with van der Waals surface area (Å²) in [5.74, 6) is 0. The van der Waals surface area contributed by atoms with Crippen LogP contribution in [0.3, 0.4) is 0 Å². The number of amides is 1. The van der Waals surface area contributed by atoms with E-state index in [-0.39, 0.29) is 12.1 Å². The minimum Gasteiger partial charge on any atom is -0.465 e. The molecular formula is C11H12BrNO3. The highest BCUT2D eigenvalue weighted by Crippen LogP contribution is 2.37. The fourth-order valence-electron chi connectivity index (χ4n) is 2.12. The number of ether oxygens (including phenoxy) is 1. The summed E-state index contributed by atoms with van der Waals surface area (Å²) in [7, 11) is 1.60. The Morgan fingerprint density at radius 1 is 1.62 bits per heavy atom. The lowest BCUT2D eigenvalue weighted by Gasteiger charge is -2.18. The van der Waals surface area contributed by atoms with Crippen molar-refractivity contribution in [2.75, 3.05) is 7.11 Å². The Balaban J connectivity index is 2.37. The van der Waals surface area contributed by atoms with Crippen LogP contribution >= 0.6 is 15.9 Å². The van der Waals surface area contributed by atoms with Gasteiger partial charge in [0.25, 0.3) is 0 Å². The van der Waals surface area contributed by atoms with Gasteiger partial charge in [-0.25, -0.2) is 4.79 Å². The van der Waals surface area contributed by atoms with Gasteiger partial charge in [-0.3, -0.25) is 0 Å². The molecule has 1 amide bonds. The van der Waals surface area contributed by atoms with Crippen molar-refractivity contribution in [2.24, 2.45) is 0 Å². The van der Waals surface area contributed by atoms with Crippen LogP contribution in [0, 0.1) is 0 Å². The van der Waals surface area contributed by atoms with Crippen LogP contribution in [-0.4, -0.2) is 24.4 Å². The first-order valence-corrected chi connectivity index (χ1v) is 5.72. The molecule has 2 N–H and O–H groups in total. The molecule has 0 bridgehead atoms. The zero-order valence-corrected chi connectivity index (χ0v) is 10.3. The van der Waals surface area contributed by atoms with Crippen molar-refractivity contribution >= 4 is 22.0 Å². The van der Waals surface area contributed by atoms with E-state index in [1.54, 1.807) is 7.11 Å². The van der Waals surface area contributed by atoms with Crippen molar-refractivity contribution < 1.29 is 14.6 Å². The lowest BCUT2D eigenvalue weighted by Crippen LogP contribution is -2.33. The number of hydrogen-bond acceptors (Lipinski definition) is 2. The number of methoxy groups -OCH3 is 1. The molecule has 0 radical (unpaired) electrons. The minimum absolute atomic E-state index is 0.134. The average Bonchev–Trinajstić information content (AvgIpc) is 2.58. The molecule has 0 aromatic heterocycles. The third-order valence-corrected chi connectivity index (χ3v) is 3.59. The third kappa shape index (κ3) is 1.92. The smallest absolute Gasteiger partial charge is 0.405 e. The number of nitrogens with one attached hydrogen (secondary N) is 1. The Morgan fingerprint density at radius 2 is 2.38 bits per heavy atom. The number of benzene rings is 1. The predicted molar refractivity (Wildman–Crippen MR) is 62.5 cm³/mol. The largest absolute Gasteiger partial charge is 0.465 e. The normalized spacial score (nSPS) is 22.9. The molecule has 0 heterocycles. The van der Waals surface area contributed by atoms with Gasteiger partial charge in [0, 0.05) is 18.0 Å². The maximum absolute atomic E-state index is 10.7. The van der Waals surface area contributed by atoms with Gasteiger partial charge in [-0.1, -0.05) is 28.1 Å². The van der Waals surface area contributed by atoms with Crippen LogP contribution < -0.4 is 5.32 Å². The van der Waals surface area contributed by atoms with Crippen LogP contribution in [0.4, 0.5) is 4.79 Å². The standard InChI is InChI=1S/C11H12BrNO3/c1-16-9-5-7-6(3-2-4-8(7)12)10(9)13-11(14)15/h2-4,9-10,13H,5H2,1H3,(H,14,15)/t9-,10-/m1/s1. The van der Waals surface area contributed by atoms with Crippen molar-refractivity contribution in [3.63, 3.8) is 0 Å². The van der Waals surface area contributed by atoms with Gasteiger partial charge in [-0.15, -0.1) is 0 Å². The van der Waals surface area contributed by atoms with Crippen LogP contribution in [0.5, 0.6) is 0 Å². The van der Waals surface area contributed by atoms with E-state index in [1.807, 2.05) is 18.2 Å². The first-order chi connectivity index (χ1) is 7.63. The SMILES string of the molecule is CO[C@@H]1Cc2c(Br)cccc2[C@H]1NC(=O)O. The van der Waals surface area contributed by atoms with Gasteiger partial charge in [0.15, 0.2) is 0 Å². The van der Waals surface area contributed by atoms with E-state index < -0.39 is 6.09 Å². The Morgan fingerprint density at radius 3 is 3.00 bits per heavy atom. The van der Waals surface area contributed by atoms with Crippen molar-refractivity contribution in [2.45, 2.75) is 18.6 Å². The fraction of sp³-hybridized carbons (Fsp3) is 0.364. The topological polar surface area (TPSA) is 58.6 Å². The Kier molecular flexibility index (Phi) is 3.16. The highest BCUT2D eigenvalue weighted by atomic mass is 79.9. The van der Waals surface area contributed by atoms with Crippen LogP contribution in [0.1, 0.15) is 17.2 Å². The van der Waals surface area contributed by atoms with Gasteiger partial charge in [0.1, 0.15) is 0 Å². The molecule has 1 aromatic carbocycles. The number of hydrogen-bond donors (Lipinski definition) is 2. The summed E-state index contributed by atoms with van der Waals surface area (Å²) in [5, 5.41) is 11.3. The summed E-state index contributed by atoms with van der Waals surface area (Å²) in [6.45, 7) is 0. The zero-order chi connectivity index (χ0) is 11.7. The average molecular weight is 286 g/mol. The van der Waals surface area contributed by atoms with Crippen LogP contribution in [0.25, 0.3) is 0 Å². The van der Waals surface area contributed by atoms with Gasteiger partial charge in [0.05, 0.1) is 12.1 Å². The van der Waals surface area contributed by atoms with Crippen LogP contribution in [0.15, 0.2) is 22.7 Å².